The SMILES string of the molecule is COCc1nn2c(c1-c1ccccc1)NC(=O)C[C@@H]2C(=O)Nc1ccc(F)c(F)c1F. The van der Waals surface area contributed by atoms with Gasteiger partial charge in [0.1, 0.15) is 11.9 Å². The van der Waals surface area contributed by atoms with Gasteiger partial charge in [-0.15, -0.1) is 0 Å². The van der Waals surface area contributed by atoms with Crippen LogP contribution in [0.2, 0.25) is 0 Å². The maximum Gasteiger partial charge on any atom is 0.249 e. The van der Waals surface area contributed by atoms with E-state index in [1.54, 1.807) is 0 Å². The summed E-state index contributed by atoms with van der Waals surface area (Å²) in [6.45, 7) is 0.117. The van der Waals surface area contributed by atoms with E-state index in [0.29, 0.717) is 23.1 Å². The van der Waals surface area contributed by atoms with Crippen molar-refractivity contribution in [3.05, 3.63) is 65.6 Å². The van der Waals surface area contributed by atoms with Crippen molar-refractivity contribution in [1.82, 2.24) is 9.78 Å². The van der Waals surface area contributed by atoms with Crippen LogP contribution in [0, 0.1) is 17.5 Å². The molecule has 0 fully saturated rings. The smallest absolute Gasteiger partial charge is 0.249 e. The molecule has 2 aromatic carbocycles. The zero-order chi connectivity index (χ0) is 22.1. The second kappa shape index (κ2) is 8.23. The number of aromatic nitrogens is 2. The predicted molar refractivity (Wildman–Crippen MR) is 106 cm³/mol. The number of benzene rings is 2. The van der Waals surface area contributed by atoms with E-state index in [2.05, 4.69) is 15.7 Å². The molecule has 2 amide bonds. The topological polar surface area (TPSA) is 85.2 Å². The van der Waals surface area contributed by atoms with E-state index in [4.69, 9.17) is 4.74 Å². The van der Waals surface area contributed by atoms with Gasteiger partial charge >= 0.3 is 0 Å². The third-order valence-electron chi connectivity index (χ3n) is 4.85. The molecule has 0 unspecified atom stereocenters. The summed E-state index contributed by atoms with van der Waals surface area (Å²) < 4.78 is 47.2. The maximum absolute atomic E-state index is 14.0. The van der Waals surface area contributed by atoms with Crippen LogP contribution in [-0.2, 0) is 20.9 Å². The highest BCUT2D eigenvalue weighted by molar-refractivity contribution is 6.03. The zero-order valence-corrected chi connectivity index (χ0v) is 16.3. The minimum atomic E-state index is -1.70. The molecule has 1 aliphatic heterocycles. The van der Waals surface area contributed by atoms with Gasteiger partial charge in [0, 0.05) is 12.7 Å². The number of anilines is 2. The summed E-state index contributed by atoms with van der Waals surface area (Å²) in [5.41, 5.74) is 1.29. The number of carbonyl (C=O) groups is 2. The first-order valence-electron chi connectivity index (χ1n) is 9.30. The normalized spacial score (nSPS) is 15.4. The first kappa shape index (κ1) is 20.6. The van der Waals surface area contributed by atoms with Gasteiger partial charge in [0.2, 0.25) is 11.8 Å². The fourth-order valence-corrected chi connectivity index (χ4v) is 3.46. The van der Waals surface area contributed by atoms with Crippen molar-refractivity contribution in [2.75, 3.05) is 17.7 Å². The summed E-state index contributed by atoms with van der Waals surface area (Å²) in [4.78, 5) is 25.2. The van der Waals surface area contributed by atoms with Crippen molar-refractivity contribution in [3.63, 3.8) is 0 Å². The van der Waals surface area contributed by atoms with Gasteiger partial charge in [-0.25, -0.2) is 17.9 Å². The third kappa shape index (κ3) is 3.77. The van der Waals surface area contributed by atoms with Gasteiger partial charge < -0.3 is 15.4 Å². The molecule has 31 heavy (non-hydrogen) atoms. The van der Waals surface area contributed by atoms with E-state index in [9.17, 15) is 22.8 Å². The Morgan fingerprint density at radius 1 is 1.19 bits per heavy atom. The van der Waals surface area contributed by atoms with Crippen LogP contribution < -0.4 is 10.6 Å². The summed E-state index contributed by atoms with van der Waals surface area (Å²) in [5.74, 6) is -5.56. The Kier molecular flexibility index (Phi) is 5.47. The molecule has 0 spiro atoms. The van der Waals surface area contributed by atoms with Crippen molar-refractivity contribution in [3.8, 4) is 11.1 Å². The second-order valence-electron chi connectivity index (χ2n) is 6.89. The minimum absolute atomic E-state index is 0.117. The Labute approximate surface area is 174 Å². The third-order valence-corrected chi connectivity index (χ3v) is 4.85. The standard InChI is InChI=1S/C21H17F3N4O3/c1-31-10-14-17(11-5-3-2-4-6-11)20-26-16(29)9-15(28(20)27-14)21(30)25-13-8-7-12(22)18(23)19(13)24/h2-8,15H,9-10H2,1H3,(H,25,30)(H,26,29)/t15-/m1/s1. The molecule has 2 heterocycles. The Morgan fingerprint density at radius 2 is 1.94 bits per heavy atom. The largest absolute Gasteiger partial charge is 0.378 e. The quantitative estimate of drug-likeness (QED) is 0.606. The van der Waals surface area contributed by atoms with E-state index < -0.39 is 41.0 Å². The highest BCUT2D eigenvalue weighted by atomic mass is 19.2. The van der Waals surface area contributed by atoms with E-state index in [0.717, 1.165) is 11.6 Å². The highest BCUT2D eigenvalue weighted by Gasteiger charge is 2.35. The molecule has 2 N–H and O–H groups in total. The number of halogens is 3. The summed E-state index contributed by atoms with van der Waals surface area (Å²) in [6, 6.07) is 9.58. The Morgan fingerprint density at radius 3 is 2.65 bits per heavy atom. The van der Waals surface area contributed by atoms with Crippen LogP contribution in [0.1, 0.15) is 18.2 Å². The van der Waals surface area contributed by atoms with E-state index >= 15 is 0 Å². The molecule has 0 saturated carbocycles. The van der Waals surface area contributed by atoms with Crippen molar-refractivity contribution >= 4 is 23.3 Å². The number of hydrogen-bond donors (Lipinski definition) is 2. The lowest BCUT2D eigenvalue weighted by Gasteiger charge is -2.24. The monoisotopic (exact) mass is 430 g/mol. The van der Waals surface area contributed by atoms with Gasteiger partial charge in [-0.2, -0.15) is 5.10 Å². The number of nitrogens with zero attached hydrogens (tertiary/aromatic N) is 2. The number of ether oxygens (including phenoxy) is 1. The van der Waals surface area contributed by atoms with Gasteiger partial charge in [0.25, 0.3) is 0 Å². The molecule has 1 aliphatic rings. The molecule has 3 aromatic rings. The average molecular weight is 430 g/mol. The molecule has 4 rings (SSSR count). The zero-order valence-electron chi connectivity index (χ0n) is 16.3. The molecule has 10 heteroatoms. The molecule has 1 atom stereocenters. The fourth-order valence-electron chi connectivity index (χ4n) is 3.46. The number of amides is 2. The van der Waals surface area contributed by atoms with E-state index in [1.807, 2.05) is 30.3 Å². The molecule has 0 aliphatic carbocycles. The first-order valence-corrected chi connectivity index (χ1v) is 9.30. The first-order chi connectivity index (χ1) is 14.9. The van der Waals surface area contributed by atoms with E-state index in [-0.39, 0.29) is 13.0 Å². The van der Waals surface area contributed by atoms with Crippen molar-refractivity contribution in [1.29, 1.82) is 0 Å². The van der Waals surface area contributed by atoms with Gasteiger partial charge in [0.05, 0.1) is 24.4 Å². The average Bonchev–Trinajstić information content (AvgIpc) is 3.12. The van der Waals surface area contributed by atoms with Crippen molar-refractivity contribution in [2.24, 2.45) is 0 Å². The van der Waals surface area contributed by atoms with E-state index in [1.165, 1.54) is 11.8 Å². The molecule has 0 radical (unpaired) electrons. The molecule has 7 nitrogen and oxygen atoms in total. The van der Waals surface area contributed by atoms with Crippen LogP contribution in [0.5, 0.6) is 0 Å². The highest BCUT2D eigenvalue weighted by Crippen LogP contribution is 2.37. The second-order valence-corrected chi connectivity index (χ2v) is 6.89. The van der Waals surface area contributed by atoms with Crippen LogP contribution in [0.3, 0.4) is 0 Å². The van der Waals surface area contributed by atoms with Crippen LogP contribution in [0.25, 0.3) is 11.1 Å². The minimum Gasteiger partial charge on any atom is -0.378 e. The number of hydrogen-bond acceptors (Lipinski definition) is 4. The predicted octanol–water partition coefficient (Wildman–Crippen LogP) is 3.64. The van der Waals surface area contributed by atoms with Crippen molar-refractivity contribution < 1.29 is 27.5 Å². The summed E-state index contributed by atoms with van der Waals surface area (Å²) in [6.07, 6.45) is -0.271. The molecule has 160 valence electrons. The Bertz CT molecular complexity index is 1160. The van der Waals surface area contributed by atoms with Gasteiger partial charge in [0.15, 0.2) is 17.5 Å². The van der Waals surface area contributed by atoms with Crippen LogP contribution >= 0.6 is 0 Å². The fraction of sp³-hybridized carbons (Fsp3) is 0.190. The summed E-state index contributed by atoms with van der Waals surface area (Å²) in [5, 5.41) is 9.38. The molecular formula is C21H17F3N4O3. The van der Waals surface area contributed by atoms with Gasteiger partial charge in [-0.3, -0.25) is 9.59 Å². The lowest BCUT2D eigenvalue weighted by atomic mass is 10.0. The number of carbonyl (C=O) groups excluding carboxylic acids is 2. The number of nitrogens with one attached hydrogen (secondary N) is 2. The van der Waals surface area contributed by atoms with Gasteiger partial charge in [-0.1, -0.05) is 30.3 Å². The van der Waals surface area contributed by atoms with Crippen LogP contribution in [0.15, 0.2) is 42.5 Å². The molecule has 0 saturated heterocycles. The lowest BCUT2D eigenvalue weighted by molar-refractivity contribution is -0.125. The molecular weight excluding hydrogens is 413 g/mol. The Hall–Kier alpha value is -3.66. The summed E-state index contributed by atoms with van der Waals surface area (Å²) >= 11 is 0. The lowest BCUT2D eigenvalue weighted by Crippen LogP contribution is -2.36. The van der Waals surface area contributed by atoms with Gasteiger partial charge in [-0.05, 0) is 17.7 Å². The van der Waals surface area contributed by atoms with Crippen LogP contribution in [-0.4, -0.2) is 28.7 Å². The van der Waals surface area contributed by atoms with Crippen molar-refractivity contribution in [2.45, 2.75) is 19.1 Å². The van der Waals surface area contributed by atoms with Crippen LogP contribution in [0.4, 0.5) is 24.7 Å². The Balaban J connectivity index is 1.75. The number of rotatable bonds is 5. The maximum atomic E-state index is 14.0. The number of methoxy groups -OCH3 is 1. The number of fused-ring (bicyclic) bond motifs is 1. The molecule has 0 bridgehead atoms. The molecule has 1 aromatic heterocycles. The summed E-state index contributed by atoms with van der Waals surface area (Å²) in [7, 11) is 1.49.